The van der Waals surface area contributed by atoms with Gasteiger partial charge >= 0.3 is 0 Å². The molecular weight excluding hydrogens is 200 g/mol. The van der Waals surface area contributed by atoms with E-state index < -0.39 is 0 Å². The van der Waals surface area contributed by atoms with Crippen LogP contribution in [-0.2, 0) is 4.74 Å². The van der Waals surface area contributed by atoms with Crippen LogP contribution in [0.15, 0.2) is 0 Å². The summed E-state index contributed by atoms with van der Waals surface area (Å²) in [6.45, 7) is 9.87. The maximum Gasteiger partial charge on any atom is 0.0576 e. The molecule has 0 bridgehead atoms. The van der Waals surface area contributed by atoms with E-state index in [-0.39, 0.29) is 0 Å². The van der Waals surface area contributed by atoms with E-state index in [4.69, 9.17) is 4.74 Å². The fourth-order valence-corrected chi connectivity index (χ4v) is 2.02. The van der Waals surface area contributed by atoms with Gasteiger partial charge in [-0.05, 0) is 44.7 Å². The monoisotopic (exact) mass is 228 g/mol. The van der Waals surface area contributed by atoms with Gasteiger partial charge in [0.25, 0.3) is 0 Å². The number of ether oxygens (including phenoxy) is 1. The standard InChI is InChI=1S/C13H28N2O/c1-12(2)11-15-9-8-14-7-3-5-13-6-4-10-16-13/h12-15H,3-11H2,1-2H3. The maximum absolute atomic E-state index is 5.58. The van der Waals surface area contributed by atoms with Crippen LogP contribution in [0.4, 0.5) is 0 Å². The van der Waals surface area contributed by atoms with Gasteiger partial charge in [-0.1, -0.05) is 13.8 Å². The molecule has 0 aliphatic carbocycles. The lowest BCUT2D eigenvalue weighted by Gasteiger charge is -2.10. The molecule has 96 valence electrons. The first-order valence-corrected chi connectivity index (χ1v) is 6.82. The number of hydrogen-bond acceptors (Lipinski definition) is 3. The van der Waals surface area contributed by atoms with Gasteiger partial charge in [-0.2, -0.15) is 0 Å². The second-order valence-corrected chi connectivity index (χ2v) is 5.13. The second-order valence-electron chi connectivity index (χ2n) is 5.13. The SMILES string of the molecule is CC(C)CNCCNCCCC1CCCO1. The predicted molar refractivity (Wildman–Crippen MR) is 68.8 cm³/mol. The highest BCUT2D eigenvalue weighted by atomic mass is 16.5. The first kappa shape index (κ1) is 13.9. The average Bonchev–Trinajstić information content (AvgIpc) is 2.74. The number of hydrogen-bond donors (Lipinski definition) is 2. The van der Waals surface area contributed by atoms with Gasteiger partial charge in [0.05, 0.1) is 6.10 Å². The van der Waals surface area contributed by atoms with Gasteiger partial charge in [-0.15, -0.1) is 0 Å². The zero-order valence-corrected chi connectivity index (χ0v) is 10.9. The summed E-state index contributed by atoms with van der Waals surface area (Å²) in [7, 11) is 0. The van der Waals surface area contributed by atoms with Crippen molar-refractivity contribution < 1.29 is 4.74 Å². The zero-order valence-electron chi connectivity index (χ0n) is 10.9. The van der Waals surface area contributed by atoms with Gasteiger partial charge in [-0.25, -0.2) is 0 Å². The molecule has 1 saturated heterocycles. The highest BCUT2D eigenvalue weighted by molar-refractivity contribution is 4.65. The first-order valence-electron chi connectivity index (χ1n) is 6.82. The van der Waals surface area contributed by atoms with Crippen molar-refractivity contribution in [2.75, 3.05) is 32.8 Å². The van der Waals surface area contributed by atoms with Crippen LogP contribution < -0.4 is 10.6 Å². The van der Waals surface area contributed by atoms with Gasteiger partial charge in [0.1, 0.15) is 0 Å². The summed E-state index contributed by atoms with van der Waals surface area (Å²) in [4.78, 5) is 0. The van der Waals surface area contributed by atoms with Gasteiger partial charge in [0.15, 0.2) is 0 Å². The molecule has 1 rings (SSSR count). The van der Waals surface area contributed by atoms with Crippen LogP contribution >= 0.6 is 0 Å². The maximum atomic E-state index is 5.58. The van der Waals surface area contributed by atoms with Gasteiger partial charge < -0.3 is 15.4 Å². The molecule has 1 atom stereocenters. The molecule has 16 heavy (non-hydrogen) atoms. The molecule has 1 aliphatic heterocycles. The van der Waals surface area contributed by atoms with E-state index in [1.54, 1.807) is 0 Å². The van der Waals surface area contributed by atoms with E-state index in [1.807, 2.05) is 0 Å². The third kappa shape index (κ3) is 7.20. The lowest BCUT2D eigenvalue weighted by Crippen LogP contribution is -2.30. The fraction of sp³-hybridized carbons (Fsp3) is 1.00. The van der Waals surface area contributed by atoms with E-state index in [9.17, 15) is 0 Å². The van der Waals surface area contributed by atoms with Gasteiger partial charge in [0.2, 0.25) is 0 Å². The molecule has 0 radical (unpaired) electrons. The lowest BCUT2D eigenvalue weighted by molar-refractivity contribution is 0.102. The van der Waals surface area contributed by atoms with Crippen molar-refractivity contribution in [3.05, 3.63) is 0 Å². The summed E-state index contributed by atoms with van der Waals surface area (Å²) >= 11 is 0. The Kier molecular flexibility index (Phi) is 7.81. The van der Waals surface area contributed by atoms with Crippen molar-refractivity contribution in [2.24, 2.45) is 5.92 Å². The van der Waals surface area contributed by atoms with Crippen molar-refractivity contribution >= 4 is 0 Å². The minimum absolute atomic E-state index is 0.556. The number of nitrogens with one attached hydrogen (secondary N) is 2. The first-order chi connectivity index (χ1) is 7.79. The summed E-state index contributed by atoms with van der Waals surface area (Å²) < 4.78 is 5.58. The van der Waals surface area contributed by atoms with E-state index in [0.29, 0.717) is 6.10 Å². The van der Waals surface area contributed by atoms with Crippen molar-refractivity contribution in [1.29, 1.82) is 0 Å². The third-order valence-corrected chi connectivity index (χ3v) is 2.93. The molecular formula is C13H28N2O. The molecule has 1 fully saturated rings. The van der Waals surface area contributed by atoms with Crippen LogP contribution in [0.25, 0.3) is 0 Å². The zero-order chi connectivity index (χ0) is 11.6. The van der Waals surface area contributed by atoms with Crippen LogP contribution in [0.1, 0.15) is 39.5 Å². The van der Waals surface area contributed by atoms with Gasteiger partial charge in [0, 0.05) is 19.7 Å². The molecule has 3 nitrogen and oxygen atoms in total. The smallest absolute Gasteiger partial charge is 0.0576 e. The Morgan fingerprint density at radius 1 is 1.19 bits per heavy atom. The highest BCUT2D eigenvalue weighted by Crippen LogP contribution is 2.16. The Labute approximate surface area is 100 Å². The third-order valence-electron chi connectivity index (χ3n) is 2.93. The second kappa shape index (κ2) is 8.97. The Bertz CT molecular complexity index is 156. The molecule has 3 heteroatoms. The summed E-state index contributed by atoms with van der Waals surface area (Å²) in [6.07, 6.45) is 5.56. The van der Waals surface area contributed by atoms with E-state index in [2.05, 4.69) is 24.5 Å². The Balaban J connectivity index is 1.74. The molecule has 0 spiro atoms. The summed E-state index contributed by atoms with van der Waals surface area (Å²) in [5.41, 5.74) is 0. The van der Waals surface area contributed by atoms with Crippen molar-refractivity contribution in [2.45, 2.75) is 45.6 Å². The van der Waals surface area contributed by atoms with Crippen LogP contribution in [0.5, 0.6) is 0 Å². The van der Waals surface area contributed by atoms with Crippen molar-refractivity contribution in [1.82, 2.24) is 10.6 Å². The van der Waals surface area contributed by atoms with E-state index in [0.717, 1.165) is 38.7 Å². The molecule has 0 aromatic heterocycles. The van der Waals surface area contributed by atoms with Gasteiger partial charge in [-0.3, -0.25) is 0 Å². The van der Waals surface area contributed by atoms with Crippen molar-refractivity contribution in [3.63, 3.8) is 0 Å². The molecule has 0 aromatic rings. The fourth-order valence-electron chi connectivity index (χ4n) is 2.02. The lowest BCUT2D eigenvalue weighted by atomic mass is 10.1. The Hall–Kier alpha value is -0.120. The Morgan fingerprint density at radius 3 is 2.69 bits per heavy atom. The highest BCUT2D eigenvalue weighted by Gasteiger charge is 2.13. The molecule has 1 unspecified atom stereocenters. The van der Waals surface area contributed by atoms with E-state index in [1.165, 1.54) is 25.7 Å². The van der Waals surface area contributed by atoms with Crippen LogP contribution in [-0.4, -0.2) is 38.9 Å². The molecule has 1 aliphatic rings. The molecule has 0 saturated carbocycles. The normalized spacial score (nSPS) is 20.8. The molecule has 0 amide bonds. The predicted octanol–water partition coefficient (Wildman–Crippen LogP) is 1.78. The minimum atomic E-state index is 0.556. The largest absolute Gasteiger partial charge is 0.378 e. The molecule has 0 aromatic carbocycles. The Morgan fingerprint density at radius 2 is 2.00 bits per heavy atom. The quantitative estimate of drug-likeness (QED) is 0.590. The molecule has 2 N–H and O–H groups in total. The van der Waals surface area contributed by atoms with Crippen molar-refractivity contribution in [3.8, 4) is 0 Å². The van der Waals surface area contributed by atoms with Crippen LogP contribution in [0, 0.1) is 5.92 Å². The summed E-state index contributed by atoms with van der Waals surface area (Å²) in [6, 6.07) is 0. The number of rotatable bonds is 9. The topological polar surface area (TPSA) is 33.3 Å². The summed E-state index contributed by atoms with van der Waals surface area (Å²) in [5, 5.41) is 6.89. The van der Waals surface area contributed by atoms with Crippen LogP contribution in [0.3, 0.4) is 0 Å². The summed E-state index contributed by atoms with van der Waals surface area (Å²) in [5.74, 6) is 0.750. The minimum Gasteiger partial charge on any atom is -0.378 e. The average molecular weight is 228 g/mol. The van der Waals surface area contributed by atoms with Crippen LogP contribution in [0.2, 0.25) is 0 Å². The van der Waals surface area contributed by atoms with E-state index >= 15 is 0 Å². The molecule has 1 heterocycles.